The van der Waals surface area contributed by atoms with Crippen LogP contribution >= 0.6 is 0 Å². The summed E-state index contributed by atoms with van der Waals surface area (Å²) in [5.41, 5.74) is 0.481. The second-order valence-electron chi connectivity index (χ2n) is 1.83. The molecule has 1 aromatic rings. The van der Waals surface area contributed by atoms with E-state index in [2.05, 4.69) is 0 Å². The van der Waals surface area contributed by atoms with E-state index in [0.717, 1.165) is 4.73 Å². The van der Waals surface area contributed by atoms with Crippen LogP contribution in [0.15, 0.2) is 18.3 Å². The van der Waals surface area contributed by atoms with E-state index in [1.807, 2.05) is 13.8 Å². The van der Waals surface area contributed by atoms with Gasteiger partial charge in [0.15, 0.2) is 0 Å². The molecule has 0 fully saturated rings. The maximum absolute atomic E-state index is 12.2. The third-order valence-electron chi connectivity index (χ3n) is 1.08. The van der Waals surface area contributed by atoms with E-state index in [-0.39, 0.29) is 5.82 Å². The molecule has 0 atom stereocenters. The van der Waals surface area contributed by atoms with Gasteiger partial charge in [-0.05, 0) is 0 Å². The fourth-order valence-corrected chi connectivity index (χ4v) is 0.573. The number of hydrogen-bond donors (Lipinski definition) is 1. The normalized spacial score (nSPS) is 8.36. The number of pyridine rings is 1. The van der Waals surface area contributed by atoms with Crippen molar-refractivity contribution in [3.05, 3.63) is 29.8 Å². The molecule has 0 radical (unpaired) electrons. The number of aryl methyl sites for hydroxylation is 1. The fraction of sp³-hybridized carbons (Fsp3) is 0.375. The Balaban J connectivity index is 0.000000461. The van der Waals surface area contributed by atoms with Crippen LogP contribution in [0.25, 0.3) is 0 Å². The maximum Gasteiger partial charge on any atom is 0.233 e. The van der Waals surface area contributed by atoms with E-state index in [0.29, 0.717) is 5.69 Å². The summed E-state index contributed by atoms with van der Waals surface area (Å²) in [6.07, 6.45) is 1.25. The van der Waals surface area contributed by atoms with E-state index in [1.165, 1.54) is 18.3 Å². The van der Waals surface area contributed by atoms with Gasteiger partial charge in [0.2, 0.25) is 11.9 Å². The number of halogens is 1. The molecule has 2 nitrogen and oxygen atoms in total. The first-order chi connectivity index (χ1) is 5.20. The van der Waals surface area contributed by atoms with Crippen molar-refractivity contribution in [3.63, 3.8) is 0 Å². The van der Waals surface area contributed by atoms with Crippen LogP contribution in [0.3, 0.4) is 0 Å². The summed E-state index contributed by atoms with van der Waals surface area (Å²) < 4.78 is 13.1. The van der Waals surface area contributed by atoms with Crippen LogP contribution in [0.5, 0.6) is 0 Å². The van der Waals surface area contributed by atoms with Crippen LogP contribution in [-0.4, -0.2) is 5.21 Å². The van der Waals surface area contributed by atoms with Gasteiger partial charge in [0.05, 0.1) is 0 Å². The third kappa shape index (κ3) is 2.98. The highest BCUT2D eigenvalue weighted by Crippen LogP contribution is 1.93. The molecule has 0 saturated carbocycles. The number of nitrogens with zero attached hydrogens (tertiary/aromatic N) is 1. The second-order valence-corrected chi connectivity index (χ2v) is 1.83. The standard InChI is InChI=1S/C6H7FNO.C2H6/c1-5-4-6(7)2-3-8(5)9;1-2/h2-4,9H,1H3;1-2H3/q+1;. The zero-order valence-electron chi connectivity index (χ0n) is 7.00. The molecule has 0 aliphatic carbocycles. The topological polar surface area (TPSA) is 24.1 Å². The van der Waals surface area contributed by atoms with Gasteiger partial charge in [0.1, 0.15) is 5.82 Å². The molecule has 0 spiro atoms. The van der Waals surface area contributed by atoms with Crippen molar-refractivity contribution < 1.29 is 14.3 Å². The van der Waals surface area contributed by atoms with E-state index in [1.54, 1.807) is 6.92 Å². The molecule has 0 amide bonds. The molecule has 1 aromatic heterocycles. The smallest absolute Gasteiger partial charge is 0.233 e. The highest BCUT2D eigenvalue weighted by molar-refractivity contribution is 4.97. The summed E-state index contributed by atoms with van der Waals surface area (Å²) in [6.45, 7) is 5.61. The molecule has 0 saturated heterocycles. The Hall–Kier alpha value is -1.12. The van der Waals surface area contributed by atoms with Gasteiger partial charge in [-0.15, -0.1) is 0 Å². The first-order valence-electron chi connectivity index (χ1n) is 3.57. The monoisotopic (exact) mass is 158 g/mol. The minimum atomic E-state index is -0.335. The first-order valence-corrected chi connectivity index (χ1v) is 3.57. The Morgan fingerprint density at radius 1 is 1.45 bits per heavy atom. The molecule has 3 heteroatoms. The zero-order valence-corrected chi connectivity index (χ0v) is 7.00. The average molecular weight is 158 g/mol. The van der Waals surface area contributed by atoms with Crippen molar-refractivity contribution in [1.82, 2.24) is 0 Å². The molecule has 0 bridgehead atoms. The molecule has 1 heterocycles. The average Bonchev–Trinajstić information content (AvgIpc) is 2.02. The van der Waals surface area contributed by atoms with Crippen molar-refractivity contribution in [3.8, 4) is 0 Å². The minimum absolute atomic E-state index is 0.335. The second kappa shape index (κ2) is 4.66. The van der Waals surface area contributed by atoms with Gasteiger partial charge in [-0.25, -0.2) is 4.39 Å². The van der Waals surface area contributed by atoms with Crippen molar-refractivity contribution in [2.75, 3.05) is 0 Å². The van der Waals surface area contributed by atoms with Gasteiger partial charge in [0, 0.05) is 23.8 Å². The van der Waals surface area contributed by atoms with Crippen molar-refractivity contribution in [2.24, 2.45) is 0 Å². The maximum atomic E-state index is 12.2. The van der Waals surface area contributed by atoms with Crippen LogP contribution in [-0.2, 0) is 0 Å². The first kappa shape index (κ1) is 9.88. The fourth-order valence-electron chi connectivity index (χ4n) is 0.573. The Labute approximate surface area is 65.9 Å². The molecular weight excluding hydrogens is 145 g/mol. The van der Waals surface area contributed by atoms with Crippen LogP contribution in [0, 0.1) is 12.7 Å². The van der Waals surface area contributed by atoms with E-state index < -0.39 is 0 Å². The zero-order chi connectivity index (χ0) is 8.85. The molecule has 1 rings (SSSR count). The van der Waals surface area contributed by atoms with Gasteiger partial charge < -0.3 is 0 Å². The molecule has 11 heavy (non-hydrogen) atoms. The molecule has 1 N–H and O–H groups in total. The van der Waals surface area contributed by atoms with E-state index >= 15 is 0 Å². The van der Waals surface area contributed by atoms with Crippen molar-refractivity contribution in [2.45, 2.75) is 20.8 Å². The summed E-state index contributed by atoms with van der Waals surface area (Å²) in [5, 5.41) is 8.79. The molecule has 0 aromatic carbocycles. The molecule has 0 unspecified atom stereocenters. The van der Waals surface area contributed by atoms with Gasteiger partial charge >= 0.3 is 0 Å². The molecule has 62 valence electrons. The van der Waals surface area contributed by atoms with Crippen LogP contribution < -0.4 is 4.73 Å². The lowest BCUT2D eigenvalue weighted by atomic mass is 10.4. The van der Waals surface area contributed by atoms with Gasteiger partial charge in [-0.1, -0.05) is 13.8 Å². The van der Waals surface area contributed by atoms with E-state index in [4.69, 9.17) is 5.21 Å². The van der Waals surface area contributed by atoms with Crippen LogP contribution in [0.4, 0.5) is 4.39 Å². The Kier molecular flexibility index (Phi) is 4.18. The molecule has 0 aliphatic rings. The molecular formula is C8H13FNO+. The predicted molar refractivity (Wildman–Crippen MR) is 39.9 cm³/mol. The summed E-state index contributed by atoms with van der Waals surface area (Å²) >= 11 is 0. The summed E-state index contributed by atoms with van der Waals surface area (Å²) in [4.78, 5) is 0. The minimum Gasteiger partial charge on any atom is -0.285 e. The van der Waals surface area contributed by atoms with Gasteiger partial charge in [0.25, 0.3) is 0 Å². The van der Waals surface area contributed by atoms with Gasteiger partial charge in [-0.3, -0.25) is 5.21 Å². The number of aromatic nitrogens is 1. The quantitative estimate of drug-likeness (QED) is 0.451. The summed E-state index contributed by atoms with van der Waals surface area (Å²) in [5.74, 6) is -0.335. The molecule has 0 aliphatic heterocycles. The van der Waals surface area contributed by atoms with E-state index in [9.17, 15) is 4.39 Å². The Morgan fingerprint density at radius 3 is 2.36 bits per heavy atom. The lowest BCUT2D eigenvalue weighted by Crippen LogP contribution is -2.32. The lowest BCUT2D eigenvalue weighted by molar-refractivity contribution is -0.909. The highest BCUT2D eigenvalue weighted by Gasteiger charge is 2.02. The number of hydrogen-bond acceptors (Lipinski definition) is 1. The van der Waals surface area contributed by atoms with Crippen molar-refractivity contribution >= 4 is 0 Å². The SMILES string of the molecule is CC.Cc1cc(F)cc[n+]1O. The van der Waals surface area contributed by atoms with Crippen LogP contribution in [0.1, 0.15) is 19.5 Å². The summed E-state index contributed by atoms with van der Waals surface area (Å²) in [7, 11) is 0. The van der Waals surface area contributed by atoms with Gasteiger partial charge in [-0.2, -0.15) is 0 Å². The van der Waals surface area contributed by atoms with Crippen LogP contribution in [0.2, 0.25) is 0 Å². The Morgan fingerprint density at radius 2 is 2.00 bits per heavy atom. The highest BCUT2D eigenvalue weighted by atomic mass is 19.1. The largest absolute Gasteiger partial charge is 0.285 e. The number of rotatable bonds is 0. The van der Waals surface area contributed by atoms with Crippen molar-refractivity contribution in [1.29, 1.82) is 0 Å². The lowest BCUT2D eigenvalue weighted by Gasteiger charge is -1.86. The summed E-state index contributed by atoms with van der Waals surface area (Å²) in [6, 6.07) is 2.44. The third-order valence-corrected chi connectivity index (χ3v) is 1.08. The Bertz CT molecular complexity index is 225. The predicted octanol–water partition coefficient (Wildman–Crippen LogP) is 1.69.